The predicted octanol–water partition coefficient (Wildman–Crippen LogP) is 4.30. The van der Waals surface area contributed by atoms with E-state index in [9.17, 15) is 13.2 Å². The van der Waals surface area contributed by atoms with Gasteiger partial charge in [-0.05, 0) is 35.4 Å². The van der Waals surface area contributed by atoms with Crippen molar-refractivity contribution in [1.29, 1.82) is 0 Å². The van der Waals surface area contributed by atoms with E-state index in [0.29, 0.717) is 18.8 Å². The highest BCUT2D eigenvalue weighted by molar-refractivity contribution is 7.89. The molecule has 0 N–H and O–H groups in total. The van der Waals surface area contributed by atoms with Crippen molar-refractivity contribution in [1.82, 2.24) is 14.1 Å². The molecule has 4 rings (SSSR count). The second-order valence-electron chi connectivity index (χ2n) is 9.32. The second-order valence-corrected chi connectivity index (χ2v) is 11.3. The third kappa shape index (κ3) is 6.89. The Morgan fingerprint density at radius 1 is 0.921 bits per heavy atom. The molecule has 1 amide bonds. The summed E-state index contributed by atoms with van der Waals surface area (Å²) in [7, 11) is -0.679. The first-order valence-electron chi connectivity index (χ1n) is 12.8. The monoisotopic (exact) mass is 533 g/mol. The first-order chi connectivity index (χ1) is 18.4. The van der Waals surface area contributed by atoms with Crippen molar-refractivity contribution in [2.24, 2.45) is 0 Å². The number of hydrogen-bond donors (Lipinski definition) is 0. The molecule has 0 unspecified atom stereocenters. The van der Waals surface area contributed by atoms with Crippen molar-refractivity contribution >= 4 is 22.0 Å². The minimum atomic E-state index is -3.80. The third-order valence-electron chi connectivity index (χ3n) is 6.93. The minimum Gasteiger partial charge on any atom is -0.497 e. The highest BCUT2D eigenvalue weighted by atomic mass is 32.2. The molecule has 0 aromatic heterocycles. The van der Waals surface area contributed by atoms with Gasteiger partial charge in [0.25, 0.3) is 0 Å². The largest absolute Gasteiger partial charge is 0.497 e. The molecule has 1 aliphatic rings. The van der Waals surface area contributed by atoms with Crippen LogP contribution in [0.1, 0.15) is 23.6 Å². The van der Waals surface area contributed by atoms with E-state index >= 15 is 0 Å². The molecular formula is C30H35N3O4S. The number of carbonyl (C=O) groups is 1. The topological polar surface area (TPSA) is 70.2 Å². The molecule has 0 bridgehead atoms. The summed E-state index contributed by atoms with van der Waals surface area (Å²) < 4.78 is 33.5. The molecule has 0 spiro atoms. The van der Waals surface area contributed by atoms with E-state index in [0.717, 1.165) is 25.2 Å². The van der Waals surface area contributed by atoms with Crippen LogP contribution in [0.2, 0.25) is 0 Å². The van der Waals surface area contributed by atoms with E-state index in [1.807, 2.05) is 35.2 Å². The van der Waals surface area contributed by atoms with Gasteiger partial charge in [0.2, 0.25) is 15.9 Å². The van der Waals surface area contributed by atoms with Crippen LogP contribution in [0.5, 0.6) is 5.75 Å². The van der Waals surface area contributed by atoms with Crippen LogP contribution in [0.4, 0.5) is 0 Å². The normalized spacial score (nSPS) is 15.6. The van der Waals surface area contributed by atoms with E-state index < -0.39 is 16.1 Å². The van der Waals surface area contributed by atoms with Gasteiger partial charge in [-0.15, -0.1) is 0 Å². The Balaban J connectivity index is 1.43. The molecule has 8 heteroatoms. The molecule has 0 aliphatic carbocycles. The number of piperazine rings is 1. The average molecular weight is 534 g/mol. The van der Waals surface area contributed by atoms with Crippen molar-refractivity contribution in [2.45, 2.75) is 17.4 Å². The Labute approximate surface area is 226 Å². The zero-order chi connectivity index (χ0) is 27.0. The SMILES string of the molecule is COc1ccc([C@H](CC(=O)N2CCN(C/C=C/c3ccccc3)CC2)N(C)S(=O)(=O)c2ccccc2)cc1. The number of carbonyl (C=O) groups excluding carboxylic acids is 1. The molecule has 1 heterocycles. The summed E-state index contributed by atoms with van der Waals surface area (Å²) in [4.78, 5) is 17.8. The summed E-state index contributed by atoms with van der Waals surface area (Å²) in [5, 5.41) is 0. The van der Waals surface area contributed by atoms with Crippen LogP contribution in [-0.2, 0) is 14.8 Å². The van der Waals surface area contributed by atoms with E-state index in [-0.39, 0.29) is 17.2 Å². The summed E-state index contributed by atoms with van der Waals surface area (Å²) in [5.74, 6) is 0.616. The van der Waals surface area contributed by atoms with Crippen molar-refractivity contribution < 1.29 is 17.9 Å². The van der Waals surface area contributed by atoms with Gasteiger partial charge in [0.15, 0.2) is 0 Å². The Kier molecular flexibility index (Phi) is 9.33. The van der Waals surface area contributed by atoms with E-state index in [4.69, 9.17) is 4.74 Å². The van der Waals surface area contributed by atoms with Crippen molar-refractivity contribution in [2.75, 3.05) is 46.9 Å². The second kappa shape index (κ2) is 12.9. The highest BCUT2D eigenvalue weighted by Gasteiger charge is 2.32. The quantitative estimate of drug-likeness (QED) is 0.389. The van der Waals surface area contributed by atoms with Crippen LogP contribution in [-0.4, -0.2) is 75.3 Å². The first kappa shape index (κ1) is 27.6. The van der Waals surface area contributed by atoms with Gasteiger partial charge < -0.3 is 9.64 Å². The number of methoxy groups -OCH3 is 1. The number of sulfonamides is 1. The molecule has 1 fully saturated rings. The van der Waals surface area contributed by atoms with Crippen LogP contribution in [0, 0.1) is 0 Å². The number of nitrogens with zero attached hydrogens (tertiary/aromatic N) is 3. The maximum absolute atomic E-state index is 13.4. The standard InChI is InChI=1S/C30H35N3O4S/c1-31(38(35,36)28-13-7-4-8-14-28)29(26-15-17-27(37-2)18-16-26)24-30(34)33-22-20-32(21-23-33)19-9-12-25-10-5-3-6-11-25/h3-18,29H,19-24H2,1-2H3/b12-9+/t29-/m0/s1. The molecule has 7 nitrogen and oxygen atoms in total. The first-order valence-corrected chi connectivity index (χ1v) is 14.2. The molecule has 38 heavy (non-hydrogen) atoms. The number of rotatable bonds is 10. The van der Waals surface area contributed by atoms with Gasteiger partial charge in [0, 0.05) is 46.2 Å². The summed E-state index contributed by atoms with van der Waals surface area (Å²) in [6.07, 6.45) is 4.32. The van der Waals surface area contributed by atoms with Crippen molar-refractivity contribution in [3.05, 3.63) is 102 Å². The Morgan fingerprint density at radius 2 is 1.53 bits per heavy atom. The van der Waals surface area contributed by atoms with Crippen LogP contribution in [0.3, 0.4) is 0 Å². The van der Waals surface area contributed by atoms with Gasteiger partial charge in [-0.25, -0.2) is 8.42 Å². The fraction of sp³-hybridized carbons (Fsp3) is 0.300. The van der Waals surface area contributed by atoms with Gasteiger partial charge in [-0.1, -0.05) is 72.8 Å². The van der Waals surface area contributed by atoms with Crippen LogP contribution in [0.15, 0.2) is 95.9 Å². The van der Waals surface area contributed by atoms with Gasteiger partial charge in [-0.2, -0.15) is 4.31 Å². The summed E-state index contributed by atoms with van der Waals surface area (Å²) in [6.45, 7) is 3.60. The van der Waals surface area contributed by atoms with Gasteiger partial charge in [0.05, 0.1) is 18.0 Å². The molecule has 3 aromatic rings. The lowest BCUT2D eigenvalue weighted by Crippen LogP contribution is -2.49. The van der Waals surface area contributed by atoms with Crippen molar-refractivity contribution in [3.63, 3.8) is 0 Å². The van der Waals surface area contributed by atoms with Crippen molar-refractivity contribution in [3.8, 4) is 5.75 Å². The summed E-state index contributed by atoms with van der Waals surface area (Å²) in [5.41, 5.74) is 1.91. The fourth-order valence-corrected chi connectivity index (χ4v) is 5.95. The predicted molar refractivity (Wildman–Crippen MR) is 150 cm³/mol. The van der Waals surface area contributed by atoms with E-state index in [2.05, 4.69) is 29.2 Å². The molecule has 1 atom stereocenters. The van der Waals surface area contributed by atoms with Gasteiger partial charge in [-0.3, -0.25) is 9.69 Å². The smallest absolute Gasteiger partial charge is 0.243 e. The van der Waals surface area contributed by atoms with E-state index in [1.165, 1.54) is 9.87 Å². The molecule has 200 valence electrons. The molecule has 0 radical (unpaired) electrons. The lowest BCUT2D eigenvalue weighted by atomic mass is 10.0. The Bertz CT molecular complexity index is 1300. The number of hydrogen-bond acceptors (Lipinski definition) is 5. The van der Waals surface area contributed by atoms with E-state index in [1.54, 1.807) is 56.6 Å². The van der Waals surface area contributed by atoms with Gasteiger partial charge >= 0.3 is 0 Å². The third-order valence-corrected chi connectivity index (χ3v) is 8.81. The lowest BCUT2D eigenvalue weighted by Gasteiger charge is -2.36. The minimum absolute atomic E-state index is 0.0552. The zero-order valence-electron chi connectivity index (χ0n) is 21.9. The Morgan fingerprint density at radius 3 is 2.13 bits per heavy atom. The number of amides is 1. The van der Waals surface area contributed by atoms with Crippen LogP contribution < -0.4 is 4.74 Å². The molecule has 1 saturated heterocycles. The fourth-order valence-electron chi connectivity index (χ4n) is 4.58. The summed E-state index contributed by atoms with van der Waals surface area (Å²) >= 11 is 0. The maximum atomic E-state index is 13.4. The summed E-state index contributed by atoms with van der Waals surface area (Å²) in [6, 6.07) is 25.1. The molecular weight excluding hydrogens is 498 g/mol. The van der Waals surface area contributed by atoms with Crippen LogP contribution in [0.25, 0.3) is 6.08 Å². The Hall–Kier alpha value is -3.46. The molecule has 1 aliphatic heterocycles. The van der Waals surface area contributed by atoms with Gasteiger partial charge in [0.1, 0.15) is 5.75 Å². The highest BCUT2D eigenvalue weighted by Crippen LogP contribution is 2.31. The molecule has 3 aromatic carbocycles. The lowest BCUT2D eigenvalue weighted by molar-refractivity contribution is -0.133. The number of benzene rings is 3. The zero-order valence-corrected chi connectivity index (χ0v) is 22.8. The average Bonchev–Trinajstić information content (AvgIpc) is 2.97. The maximum Gasteiger partial charge on any atom is 0.243 e. The molecule has 0 saturated carbocycles. The van der Waals surface area contributed by atoms with Crippen LogP contribution >= 0.6 is 0 Å². The number of ether oxygens (including phenoxy) is 1.